The number of aromatic nitrogens is 2. The molecule has 0 spiro atoms. The molecular formula is C21H21FN4O2S. The van der Waals surface area contributed by atoms with Crippen LogP contribution in [0.4, 0.5) is 4.39 Å². The van der Waals surface area contributed by atoms with Crippen LogP contribution in [0.15, 0.2) is 40.5 Å². The van der Waals surface area contributed by atoms with Gasteiger partial charge in [-0.25, -0.2) is 14.8 Å². The molecule has 1 aliphatic rings. The number of fused-ring (bicyclic) bond motifs is 3. The zero-order valence-electron chi connectivity index (χ0n) is 16.2. The van der Waals surface area contributed by atoms with Crippen molar-refractivity contribution in [2.75, 3.05) is 0 Å². The fraction of sp³-hybridized carbons (Fsp3) is 0.333. The van der Waals surface area contributed by atoms with Crippen LogP contribution in [-0.4, -0.2) is 21.7 Å². The van der Waals surface area contributed by atoms with Crippen molar-refractivity contribution in [2.45, 2.75) is 39.2 Å². The van der Waals surface area contributed by atoms with Crippen LogP contribution in [0.2, 0.25) is 0 Å². The second kappa shape index (κ2) is 7.87. The number of carbonyl (C=O) groups is 1. The number of halogens is 1. The Balaban J connectivity index is 1.57. The van der Waals surface area contributed by atoms with Crippen molar-refractivity contribution in [3.05, 3.63) is 62.8 Å². The highest BCUT2D eigenvalue weighted by Crippen LogP contribution is 2.35. The van der Waals surface area contributed by atoms with Crippen molar-refractivity contribution in [2.24, 2.45) is 11.0 Å². The lowest BCUT2D eigenvalue weighted by Crippen LogP contribution is -2.34. The van der Waals surface area contributed by atoms with Gasteiger partial charge >= 0.3 is 0 Å². The molecule has 0 aliphatic heterocycles. The lowest BCUT2D eigenvalue weighted by molar-refractivity contribution is -0.123. The van der Waals surface area contributed by atoms with Gasteiger partial charge in [-0.3, -0.25) is 14.2 Å². The fourth-order valence-electron chi connectivity index (χ4n) is 3.58. The molecule has 2 atom stereocenters. The molecule has 8 heteroatoms. The topological polar surface area (TPSA) is 76.3 Å². The van der Waals surface area contributed by atoms with Gasteiger partial charge < -0.3 is 0 Å². The summed E-state index contributed by atoms with van der Waals surface area (Å²) in [7, 11) is 0. The summed E-state index contributed by atoms with van der Waals surface area (Å²) in [4.78, 5) is 32.0. The molecule has 3 aromatic rings. The van der Waals surface area contributed by atoms with E-state index in [-0.39, 0.29) is 11.1 Å². The van der Waals surface area contributed by atoms with Crippen molar-refractivity contribution in [1.29, 1.82) is 0 Å². The minimum absolute atomic E-state index is 0.206. The van der Waals surface area contributed by atoms with Gasteiger partial charge in [-0.15, -0.1) is 11.3 Å². The molecule has 1 N–H and O–H groups in total. The Labute approximate surface area is 171 Å². The van der Waals surface area contributed by atoms with Crippen LogP contribution in [-0.2, 0) is 17.6 Å². The Morgan fingerprint density at radius 2 is 2.24 bits per heavy atom. The average molecular weight is 412 g/mol. The number of nitrogens with one attached hydrogen (secondary N) is 1. The molecule has 1 aliphatic carbocycles. The van der Waals surface area contributed by atoms with Crippen molar-refractivity contribution < 1.29 is 9.18 Å². The van der Waals surface area contributed by atoms with E-state index >= 15 is 0 Å². The summed E-state index contributed by atoms with van der Waals surface area (Å²) in [5.41, 5.74) is 3.51. The summed E-state index contributed by atoms with van der Waals surface area (Å²) < 4.78 is 14.9. The summed E-state index contributed by atoms with van der Waals surface area (Å²) in [6, 6.07) is 5.33. The first-order chi connectivity index (χ1) is 14.0. The number of carbonyl (C=O) groups excluding carboxylic acids is 1. The highest BCUT2D eigenvalue weighted by atomic mass is 32.1. The first kappa shape index (κ1) is 19.4. The zero-order valence-corrected chi connectivity index (χ0v) is 17.0. The second-order valence-corrected chi connectivity index (χ2v) is 8.50. The van der Waals surface area contributed by atoms with E-state index in [9.17, 15) is 14.0 Å². The van der Waals surface area contributed by atoms with Crippen LogP contribution in [0.25, 0.3) is 10.2 Å². The maximum Gasteiger partial charge on any atom is 0.263 e. The van der Waals surface area contributed by atoms with E-state index in [2.05, 4.69) is 22.4 Å². The molecule has 0 fully saturated rings. The van der Waals surface area contributed by atoms with Gasteiger partial charge in [0.05, 0.1) is 17.9 Å². The van der Waals surface area contributed by atoms with Gasteiger partial charge in [-0.05, 0) is 43.7 Å². The molecule has 6 nitrogen and oxygen atoms in total. The van der Waals surface area contributed by atoms with Gasteiger partial charge in [0.1, 0.15) is 16.7 Å². The third-order valence-electron chi connectivity index (χ3n) is 5.32. The van der Waals surface area contributed by atoms with Crippen LogP contribution in [0.3, 0.4) is 0 Å². The van der Waals surface area contributed by atoms with E-state index in [1.54, 1.807) is 36.5 Å². The number of hydrogen-bond acceptors (Lipinski definition) is 5. The molecule has 0 saturated heterocycles. The van der Waals surface area contributed by atoms with E-state index in [1.165, 1.54) is 28.1 Å². The Morgan fingerprint density at radius 3 is 3.03 bits per heavy atom. The van der Waals surface area contributed by atoms with Crippen LogP contribution in [0.5, 0.6) is 0 Å². The second-order valence-electron chi connectivity index (χ2n) is 7.42. The van der Waals surface area contributed by atoms with Crippen LogP contribution >= 0.6 is 11.3 Å². The molecule has 150 valence electrons. The van der Waals surface area contributed by atoms with E-state index in [0.717, 1.165) is 29.7 Å². The molecule has 0 saturated carbocycles. The van der Waals surface area contributed by atoms with Gasteiger partial charge in [0.2, 0.25) is 0 Å². The summed E-state index contributed by atoms with van der Waals surface area (Å²) in [6.45, 7) is 3.83. The summed E-state index contributed by atoms with van der Waals surface area (Å²) in [6.07, 6.45) is 5.54. The van der Waals surface area contributed by atoms with Gasteiger partial charge in [-0.2, -0.15) is 5.10 Å². The predicted molar refractivity (Wildman–Crippen MR) is 112 cm³/mol. The number of hydrazone groups is 1. The van der Waals surface area contributed by atoms with Gasteiger partial charge in [0, 0.05) is 10.4 Å². The van der Waals surface area contributed by atoms with Gasteiger partial charge in [-0.1, -0.05) is 25.1 Å². The van der Waals surface area contributed by atoms with Crippen LogP contribution in [0.1, 0.15) is 42.3 Å². The number of aryl methyl sites for hydroxylation is 1. The molecule has 0 radical (unpaired) electrons. The first-order valence-electron chi connectivity index (χ1n) is 9.54. The van der Waals surface area contributed by atoms with E-state index in [1.807, 2.05) is 0 Å². The third kappa shape index (κ3) is 3.72. The quantitative estimate of drug-likeness (QED) is 0.527. The molecule has 1 amide bonds. The Hall–Kier alpha value is -2.87. The molecule has 2 aromatic heterocycles. The number of thiophene rings is 1. The van der Waals surface area contributed by atoms with Crippen LogP contribution in [0, 0.1) is 11.7 Å². The summed E-state index contributed by atoms with van der Waals surface area (Å²) in [5, 5.41) is 4.44. The molecular weight excluding hydrogens is 391 g/mol. The normalized spacial score (nSPS) is 17.4. The van der Waals surface area contributed by atoms with E-state index < -0.39 is 17.8 Å². The number of benzene rings is 1. The molecule has 1 aromatic carbocycles. The zero-order chi connectivity index (χ0) is 20.5. The Morgan fingerprint density at radius 1 is 1.45 bits per heavy atom. The van der Waals surface area contributed by atoms with Crippen molar-refractivity contribution in [3.63, 3.8) is 0 Å². The minimum atomic E-state index is -0.796. The van der Waals surface area contributed by atoms with E-state index in [4.69, 9.17) is 0 Å². The Bertz CT molecular complexity index is 1170. The molecule has 2 heterocycles. The molecule has 4 rings (SSSR count). The van der Waals surface area contributed by atoms with Crippen molar-refractivity contribution >= 4 is 33.7 Å². The van der Waals surface area contributed by atoms with Gasteiger partial charge in [0.15, 0.2) is 0 Å². The monoisotopic (exact) mass is 412 g/mol. The standard InChI is InChI=1S/C21H21FN4O2S/c1-12-7-8-15-17(9-12)29-20-18(15)21(28)26(11-23-20)13(2)19(27)25-24-10-14-5-3-4-6-16(14)22/h3-6,10-13H,7-9H2,1-2H3,(H,25,27). The molecule has 2 unspecified atom stereocenters. The maximum absolute atomic E-state index is 13.6. The van der Waals surface area contributed by atoms with Gasteiger partial charge in [0.25, 0.3) is 11.5 Å². The molecule has 29 heavy (non-hydrogen) atoms. The summed E-state index contributed by atoms with van der Waals surface area (Å²) in [5.74, 6) is -0.297. The SMILES string of the molecule is CC1CCc2c(sc3ncn(C(C)C(=O)NN=Cc4ccccc4F)c(=O)c23)C1. The van der Waals surface area contributed by atoms with Crippen molar-refractivity contribution in [3.8, 4) is 0 Å². The largest absolute Gasteiger partial charge is 0.286 e. The van der Waals surface area contributed by atoms with Crippen LogP contribution < -0.4 is 11.0 Å². The molecule has 0 bridgehead atoms. The number of hydrogen-bond donors (Lipinski definition) is 1. The Kier molecular flexibility index (Phi) is 5.27. The highest BCUT2D eigenvalue weighted by Gasteiger charge is 2.25. The third-order valence-corrected chi connectivity index (χ3v) is 6.48. The van der Waals surface area contributed by atoms with E-state index in [0.29, 0.717) is 11.3 Å². The minimum Gasteiger partial charge on any atom is -0.286 e. The smallest absolute Gasteiger partial charge is 0.263 e. The van der Waals surface area contributed by atoms with Crippen molar-refractivity contribution in [1.82, 2.24) is 15.0 Å². The highest BCUT2D eigenvalue weighted by molar-refractivity contribution is 7.18. The number of rotatable bonds is 4. The lowest BCUT2D eigenvalue weighted by atomic mass is 9.89. The average Bonchev–Trinajstić information content (AvgIpc) is 3.07. The predicted octanol–water partition coefficient (Wildman–Crippen LogP) is 3.43. The number of amides is 1. The first-order valence-corrected chi connectivity index (χ1v) is 10.4. The lowest BCUT2D eigenvalue weighted by Gasteiger charge is -2.18. The summed E-state index contributed by atoms with van der Waals surface area (Å²) >= 11 is 1.58. The maximum atomic E-state index is 13.6. The number of nitrogens with zero attached hydrogens (tertiary/aromatic N) is 3. The fourth-order valence-corrected chi connectivity index (χ4v) is 4.93.